The van der Waals surface area contributed by atoms with E-state index in [2.05, 4.69) is 35.2 Å². The van der Waals surface area contributed by atoms with Crippen LogP contribution in [0.5, 0.6) is 0 Å². The van der Waals surface area contributed by atoms with Crippen molar-refractivity contribution in [2.24, 2.45) is 0 Å². The number of furan rings is 1. The summed E-state index contributed by atoms with van der Waals surface area (Å²) in [5, 5.41) is 0. The van der Waals surface area contributed by atoms with Gasteiger partial charge in [-0.3, -0.25) is 9.69 Å². The smallest absolute Gasteiger partial charge is 0.223 e. The van der Waals surface area contributed by atoms with E-state index in [4.69, 9.17) is 4.42 Å². The third-order valence-corrected chi connectivity index (χ3v) is 5.59. The zero-order valence-electron chi connectivity index (χ0n) is 16.8. The van der Waals surface area contributed by atoms with Gasteiger partial charge >= 0.3 is 0 Å². The van der Waals surface area contributed by atoms with Gasteiger partial charge in [0.05, 0.1) is 0 Å². The maximum absolute atomic E-state index is 12.6. The lowest BCUT2D eigenvalue weighted by molar-refractivity contribution is -0.132. The van der Waals surface area contributed by atoms with Crippen molar-refractivity contribution in [1.82, 2.24) is 9.80 Å². The van der Waals surface area contributed by atoms with Crippen molar-refractivity contribution in [3.05, 3.63) is 84.1 Å². The number of hydrogen-bond acceptors (Lipinski definition) is 3. The fraction of sp³-hybridized carbons (Fsp3) is 0.320. The molecule has 3 aromatic rings. The van der Waals surface area contributed by atoms with Gasteiger partial charge in [-0.2, -0.15) is 0 Å². The SMILES string of the molecule is O=C(CCc1ccc(-c2ccccc2)o1)N1CCN(CCc2ccccc2)CC1. The summed E-state index contributed by atoms with van der Waals surface area (Å²) in [5.74, 6) is 1.96. The molecule has 1 fully saturated rings. The quantitative estimate of drug-likeness (QED) is 0.607. The van der Waals surface area contributed by atoms with Gasteiger partial charge in [0.2, 0.25) is 5.91 Å². The van der Waals surface area contributed by atoms with Gasteiger partial charge in [-0.05, 0) is 24.1 Å². The minimum atomic E-state index is 0.227. The molecular weight excluding hydrogens is 360 g/mol. The lowest BCUT2D eigenvalue weighted by Crippen LogP contribution is -2.49. The molecule has 0 atom stereocenters. The van der Waals surface area contributed by atoms with Crippen LogP contribution in [0.15, 0.2) is 77.2 Å². The number of carbonyl (C=O) groups excluding carboxylic acids is 1. The average Bonchev–Trinajstić information content (AvgIpc) is 3.27. The molecule has 0 N–H and O–H groups in total. The number of amides is 1. The van der Waals surface area contributed by atoms with Gasteiger partial charge in [-0.25, -0.2) is 0 Å². The third-order valence-electron chi connectivity index (χ3n) is 5.59. The molecule has 0 unspecified atom stereocenters. The van der Waals surface area contributed by atoms with E-state index < -0.39 is 0 Å². The summed E-state index contributed by atoms with van der Waals surface area (Å²) in [5.41, 5.74) is 2.44. The Morgan fingerprint density at radius 1 is 0.793 bits per heavy atom. The summed E-state index contributed by atoms with van der Waals surface area (Å²) in [6, 6.07) is 24.6. The molecule has 29 heavy (non-hydrogen) atoms. The summed E-state index contributed by atoms with van der Waals surface area (Å²) < 4.78 is 5.92. The van der Waals surface area contributed by atoms with E-state index >= 15 is 0 Å². The summed E-state index contributed by atoms with van der Waals surface area (Å²) in [7, 11) is 0. The van der Waals surface area contributed by atoms with Gasteiger partial charge in [0.25, 0.3) is 0 Å². The van der Waals surface area contributed by atoms with Crippen LogP contribution in [0.25, 0.3) is 11.3 Å². The second kappa shape index (κ2) is 9.57. The second-order valence-corrected chi connectivity index (χ2v) is 7.59. The number of carbonyl (C=O) groups is 1. The first-order valence-electron chi connectivity index (χ1n) is 10.5. The summed E-state index contributed by atoms with van der Waals surface area (Å²) in [4.78, 5) is 17.1. The Hall–Kier alpha value is -2.85. The van der Waals surface area contributed by atoms with Crippen molar-refractivity contribution in [3.8, 4) is 11.3 Å². The molecule has 0 aliphatic carbocycles. The molecule has 2 heterocycles. The summed E-state index contributed by atoms with van der Waals surface area (Å²) in [6.45, 7) is 4.61. The van der Waals surface area contributed by atoms with Crippen molar-refractivity contribution in [1.29, 1.82) is 0 Å². The number of nitrogens with zero attached hydrogens (tertiary/aromatic N) is 2. The highest BCUT2D eigenvalue weighted by atomic mass is 16.3. The first-order valence-corrected chi connectivity index (χ1v) is 10.5. The molecule has 2 aromatic carbocycles. The predicted molar refractivity (Wildman–Crippen MR) is 116 cm³/mol. The molecule has 4 rings (SSSR count). The number of aryl methyl sites for hydroxylation is 1. The highest BCUT2D eigenvalue weighted by molar-refractivity contribution is 5.76. The Balaban J connectivity index is 1.20. The normalized spacial score (nSPS) is 14.8. The van der Waals surface area contributed by atoms with Gasteiger partial charge in [0, 0.05) is 51.1 Å². The Morgan fingerprint density at radius 3 is 2.21 bits per heavy atom. The highest BCUT2D eigenvalue weighted by Gasteiger charge is 2.21. The van der Waals surface area contributed by atoms with E-state index in [9.17, 15) is 4.79 Å². The monoisotopic (exact) mass is 388 g/mol. The van der Waals surface area contributed by atoms with E-state index in [1.54, 1.807) is 0 Å². The van der Waals surface area contributed by atoms with Crippen LogP contribution in [-0.2, 0) is 17.6 Å². The van der Waals surface area contributed by atoms with Gasteiger partial charge in [0.15, 0.2) is 0 Å². The molecule has 0 radical (unpaired) electrons. The molecule has 1 aliphatic heterocycles. The van der Waals surface area contributed by atoms with Crippen LogP contribution >= 0.6 is 0 Å². The Bertz CT molecular complexity index is 897. The molecule has 1 amide bonds. The van der Waals surface area contributed by atoms with Gasteiger partial charge in [-0.15, -0.1) is 0 Å². The second-order valence-electron chi connectivity index (χ2n) is 7.59. The lowest BCUT2D eigenvalue weighted by atomic mass is 10.1. The number of hydrogen-bond donors (Lipinski definition) is 0. The van der Waals surface area contributed by atoms with E-state index in [-0.39, 0.29) is 5.91 Å². The van der Waals surface area contributed by atoms with Crippen LogP contribution in [0, 0.1) is 0 Å². The largest absolute Gasteiger partial charge is 0.461 e. The molecule has 4 heteroatoms. The Morgan fingerprint density at radius 2 is 1.48 bits per heavy atom. The maximum Gasteiger partial charge on any atom is 0.223 e. The van der Waals surface area contributed by atoms with Crippen molar-refractivity contribution in [2.75, 3.05) is 32.7 Å². The highest BCUT2D eigenvalue weighted by Crippen LogP contribution is 2.22. The standard InChI is InChI=1S/C25H28N2O2/c28-25(14-12-23-11-13-24(29-23)22-9-5-2-6-10-22)27-19-17-26(18-20-27)16-15-21-7-3-1-4-8-21/h1-11,13H,12,14-20H2. The van der Waals surface area contributed by atoms with Crippen LogP contribution < -0.4 is 0 Å². The third kappa shape index (κ3) is 5.36. The topological polar surface area (TPSA) is 36.7 Å². The molecule has 0 saturated carbocycles. The molecule has 1 aromatic heterocycles. The zero-order valence-corrected chi connectivity index (χ0v) is 16.8. The Labute approximate surface area is 172 Å². The predicted octanol–water partition coefficient (Wildman–Crippen LogP) is 4.27. The van der Waals surface area contributed by atoms with Crippen LogP contribution in [0.4, 0.5) is 0 Å². The average molecular weight is 389 g/mol. The molecule has 1 saturated heterocycles. The van der Waals surface area contributed by atoms with Crippen molar-refractivity contribution >= 4 is 5.91 Å². The molecular formula is C25H28N2O2. The molecule has 0 bridgehead atoms. The molecule has 0 spiro atoms. The van der Waals surface area contributed by atoms with Crippen LogP contribution in [-0.4, -0.2) is 48.4 Å². The summed E-state index contributed by atoms with van der Waals surface area (Å²) in [6.07, 6.45) is 2.22. The fourth-order valence-corrected chi connectivity index (χ4v) is 3.81. The fourth-order valence-electron chi connectivity index (χ4n) is 3.81. The summed E-state index contributed by atoms with van der Waals surface area (Å²) >= 11 is 0. The van der Waals surface area contributed by atoms with Crippen LogP contribution in [0.2, 0.25) is 0 Å². The minimum Gasteiger partial charge on any atom is -0.461 e. The number of rotatable bonds is 7. The zero-order chi connectivity index (χ0) is 19.9. The lowest BCUT2D eigenvalue weighted by Gasteiger charge is -2.34. The van der Waals surface area contributed by atoms with Gasteiger partial charge in [-0.1, -0.05) is 60.7 Å². The minimum absolute atomic E-state index is 0.227. The van der Waals surface area contributed by atoms with Crippen LogP contribution in [0.3, 0.4) is 0 Å². The molecule has 150 valence electrons. The maximum atomic E-state index is 12.6. The van der Waals surface area contributed by atoms with Crippen molar-refractivity contribution in [3.63, 3.8) is 0 Å². The van der Waals surface area contributed by atoms with E-state index in [0.717, 1.165) is 56.2 Å². The van der Waals surface area contributed by atoms with E-state index in [1.807, 2.05) is 47.4 Å². The van der Waals surface area contributed by atoms with Crippen molar-refractivity contribution < 1.29 is 9.21 Å². The van der Waals surface area contributed by atoms with E-state index in [0.29, 0.717) is 12.8 Å². The first kappa shape index (κ1) is 19.5. The Kier molecular flexibility index (Phi) is 6.42. The van der Waals surface area contributed by atoms with Gasteiger partial charge < -0.3 is 9.32 Å². The van der Waals surface area contributed by atoms with Crippen molar-refractivity contribution in [2.45, 2.75) is 19.3 Å². The van der Waals surface area contributed by atoms with Gasteiger partial charge in [0.1, 0.15) is 11.5 Å². The first-order chi connectivity index (χ1) is 14.3. The van der Waals surface area contributed by atoms with E-state index in [1.165, 1.54) is 5.56 Å². The molecule has 1 aliphatic rings. The number of piperazine rings is 1. The molecule has 4 nitrogen and oxygen atoms in total. The van der Waals surface area contributed by atoms with Crippen LogP contribution in [0.1, 0.15) is 17.7 Å². The number of benzene rings is 2.